The van der Waals surface area contributed by atoms with Crippen LogP contribution in [-0.2, 0) is 22.4 Å². The minimum atomic E-state index is -0.242. The predicted molar refractivity (Wildman–Crippen MR) is 118 cm³/mol. The van der Waals surface area contributed by atoms with Crippen molar-refractivity contribution in [1.29, 1.82) is 0 Å². The van der Waals surface area contributed by atoms with E-state index >= 15 is 0 Å². The molecule has 2 aromatic carbocycles. The number of hydrogen-bond acceptors (Lipinski definition) is 2. The molecule has 28 heavy (non-hydrogen) atoms. The van der Waals surface area contributed by atoms with Gasteiger partial charge in [0.25, 0.3) is 0 Å². The Kier molecular flexibility index (Phi) is 10.1. The van der Waals surface area contributed by atoms with Gasteiger partial charge in [-0.2, -0.15) is 0 Å². The number of aryl methyl sites for hydroxylation is 1. The molecule has 0 N–H and O–H groups in total. The van der Waals surface area contributed by atoms with Crippen LogP contribution >= 0.6 is 0 Å². The molecule has 0 aliphatic carbocycles. The highest BCUT2D eigenvalue weighted by Crippen LogP contribution is 2.16. The summed E-state index contributed by atoms with van der Waals surface area (Å²) in [5.41, 5.74) is 4.88. The van der Waals surface area contributed by atoms with E-state index in [0.29, 0.717) is 6.61 Å². The Balaban J connectivity index is 1.93. The van der Waals surface area contributed by atoms with Gasteiger partial charge in [-0.05, 0) is 41.5 Å². The minimum Gasteiger partial charge on any atom is -0.461 e. The molecule has 0 heterocycles. The number of rotatable bonds is 12. The SMILES string of the molecule is CCCCCCCCc1ccc(/C=C(\COC(C)=O)Cc2ccccc2)cc1. The summed E-state index contributed by atoms with van der Waals surface area (Å²) in [6.07, 6.45) is 12.1. The van der Waals surface area contributed by atoms with E-state index in [1.54, 1.807) is 0 Å². The fourth-order valence-electron chi connectivity index (χ4n) is 3.32. The number of esters is 1. The van der Waals surface area contributed by atoms with Gasteiger partial charge in [-0.3, -0.25) is 4.79 Å². The second-order valence-electron chi connectivity index (χ2n) is 7.50. The highest BCUT2D eigenvalue weighted by Gasteiger charge is 2.04. The van der Waals surface area contributed by atoms with Crippen LogP contribution in [0.25, 0.3) is 6.08 Å². The lowest BCUT2D eigenvalue weighted by Gasteiger charge is -2.09. The van der Waals surface area contributed by atoms with Crippen molar-refractivity contribution in [3.63, 3.8) is 0 Å². The molecule has 0 aromatic heterocycles. The van der Waals surface area contributed by atoms with Crippen LogP contribution in [-0.4, -0.2) is 12.6 Å². The van der Waals surface area contributed by atoms with Crippen LogP contribution in [0.1, 0.15) is 69.1 Å². The van der Waals surface area contributed by atoms with E-state index in [2.05, 4.69) is 49.4 Å². The lowest BCUT2D eigenvalue weighted by Crippen LogP contribution is -2.05. The second kappa shape index (κ2) is 12.9. The summed E-state index contributed by atoms with van der Waals surface area (Å²) in [4.78, 5) is 11.2. The second-order valence-corrected chi connectivity index (χ2v) is 7.50. The zero-order chi connectivity index (χ0) is 20.0. The van der Waals surface area contributed by atoms with Gasteiger partial charge in [-0.25, -0.2) is 0 Å². The molecular formula is C26H34O2. The summed E-state index contributed by atoms with van der Waals surface area (Å²) in [7, 11) is 0. The van der Waals surface area contributed by atoms with Gasteiger partial charge in [0.2, 0.25) is 0 Å². The molecule has 0 fully saturated rings. The quantitative estimate of drug-likeness (QED) is 0.300. The Bertz CT molecular complexity index is 714. The Morgan fingerprint density at radius 1 is 0.857 bits per heavy atom. The zero-order valence-corrected chi connectivity index (χ0v) is 17.5. The van der Waals surface area contributed by atoms with Crippen LogP contribution in [0.2, 0.25) is 0 Å². The molecule has 0 amide bonds. The molecule has 150 valence electrons. The van der Waals surface area contributed by atoms with E-state index in [4.69, 9.17) is 4.74 Å². The standard InChI is InChI=1S/C26H34O2/c1-3-4-5-6-7-9-12-23-15-17-25(18-16-23)20-26(21-28-22(2)27)19-24-13-10-8-11-14-24/h8,10-11,13-18,20H,3-7,9,12,19,21H2,1-2H3/b26-20-. The Morgan fingerprint density at radius 2 is 1.54 bits per heavy atom. The normalized spacial score (nSPS) is 11.4. The summed E-state index contributed by atoms with van der Waals surface area (Å²) in [5, 5.41) is 0. The van der Waals surface area contributed by atoms with Crippen molar-refractivity contribution in [2.75, 3.05) is 6.61 Å². The Labute approximate surface area is 170 Å². The van der Waals surface area contributed by atoms with Gasteiger partial charge >= 0.3 is 5.97 Å². The molecule has 0 aliphatic heterocycles. The molecule has 0 unspecified atom stereocenters. The van der Waals surface area contributed by atoms with E-state index in [1.807, 2.05) is 18.2 Å². The molecule has 0 bridgehead atoms. The molecule has 2 heteroatoms. The molecule has 2 nitrogen and oxygen atoms in total. The number of unbranched alkanes of at least 4 members (excludes halogenated alkanes) is 5. The smallest absolute Gasteiger partial charge is 0.302 e. The maximum Gasteiger partial charge on any atom is 0.302 e. The third-order valence-corrected chi connectivity index (χ3v) is 4.90. The lowest BCUT2D eigenvalue weighted by molar-refractivity contribution is -0.139. The molecule has 0 saturated heterocycles. The van der Waals surface area contributed by atoms with E-state index in [9.17, 15) is 4.79 Å². The summed E-state index contributed by atoms with van der Waals surface area (Å²) in [6.45, 7) is 4.05. The van der Waals surface area contributed by atoms with Crippen LogP contribution < -0.4 is 0 Å². The van der Waals surface area contributed by atoms with Crippen molar-refractivity contribution in [2.24, 2.45) is 0 Å². The Morgan fingerprint density at radius 3 is 2.21 bits per heavy atom. The van der Waals surface area contributed by atoms with E-state index in [0.717, 1.165) is 24.0 Å². The van der Waals surface area contributed by atoms with Crippen LogP contribution in [0.5, 0.6) is 0 Å². The van der Waals surface area contributed by atoms with Crippen LogP contribution in [0.15, 0.2) is 60.2 Å². The first kappa shape index (κ1) is 21.9. The fourth-order valence-corrected chi connectivity index (χ4v) is 3.32. The van der Waals surface area contributed by atoms with Crippen molar-refractivity contribution in [3.8, 4) is 0 Å². The topological polar surface area (TPSA) is 26.3 Å². The van der Waals surface area contributed by atoms with E-state index in [-0.39, 0.29) is 5.97 Å². The first-order chi connectivity index (χ1) is 13.7. The van der Waals surface area contributed by atoms with Gasteiger partial charge in [-0.1, -0.05) is 99.7 Å². The summed E-state index contributed by atoms with van der Waals surface area (Å²) < 4.78 is 5.26. The molecule has 0 atom stereocenters. The average molecular weight is 379 g/mol. The number of hydrogen-bond donors (Lipinski definition) is 0. The van der Waals surface area contributed by atoms with E-state index < -0.39 is 0 Å². The van der Waals surface area contributed by atoms with Gasteiger partial charge in [0.15, 0.2) is 0 Å². The molecular weight excluding hydrogens is 344 g/mol. The number of ether oxygens (including phenoxy) is 1. The predicted octanol–water partition coefficient (Wildman–Crippen LogP) is 6.78. The van der Waals surface area contributed by atoms with Crippen LogP contribution in [0.3, 0.4) is 0 Å². The van der Waals surface area contributed by atoms with Crippen LogP contribution in [0.4, 0.5) is 0 Å². The van der Waals surface area contributed by atoms with E-state index in [1.165, 1.54) is 56.6 Å². The maximum atomic E-state index is 11.2. The van der Waals surface area contributed by atoms with Crippen LogP contribution in [0, 0.1) is 0 Å². The first-order valence-electron chi connectivity index (χ1n) is 10.6. The van der Waals surface area contributed by atoms with Crippen molar-refractivity contribution < 1.29 is 9.53 Å². The van der Waals surface area contributed by atoms with Crippen molar-refractivity contribution >= 4 is 12.0 Å². The number of benzene rings is 2. The van der Waals surface area contributed by atoms with Gasteiger partial charge in [0.05, 0.1) is 0 Å². The summed E-state index contributed by atoms with van der Waals surface area (Å²) >= 11 is 0. The van der Waals surface area contributed by atoms with Crippen molar-refractivity contribution in [2.45, 2.75) is 65.2 Å². The van der Waals surface area contributed by atoms with Gasteiger partial charge < -0.3 is 4.74 Å². The van der Waals surface area contributed by atoms with Gasteiger partial charge in [-0.15, -0.1) is 0 Å². The minimum absolute atomic E-state index is 0.242. The molecule has 0 spiro atoms. The first-order valence-corrected chi connectivity index (χ1v) is 10.6. The average Bonchev–Trinajstić information content (AvgIpc) is 2.71. The molecule has 0 aliphatic rings. The molecule has 0 radical (unpaired) electrons. The fraction of sp³-hybridized carbons (Fsp3) is 0.423. The third kappa shape index (κ3) is 9.03. The van der Waals surface area contributed by atoms with Gasteiger partial charge in [0.1, 0.15) is 6.61 Å². The number of carbonyl (C=O) groups excluding carboxylic acids is 1. The van der Waals surface area contributed by atoms with Gasteiger partial charge in [0, 0.05) is 6.92 Å². The molecule has 0 saturated carbocycles. The zero-order valence-electron chi connectivity index (χ0n) is 17.5. The maximum absolute atomic E-state index is 11.2. The molecule has 2 rings (SSSR count). The Hall–Kier alpha value is -2.35. The summed E-state index contributed by atoms with van der Waals surface area (Å²) in [5.74, 6) is -0.242. The van der Waals surface area contributed by atoms with Crippen molar-refractivity contribution in [3.05, 3.63) is 76.9 Å². The van der Waals surface area contributed by atoms with Crippen molar-refractivity contribution in [1.82, 2.24) is 0 Å². The highest BCUT2D eigenvalue weighted by atomic mass is 16.5. The monoisotopic (exact) mass is 378 g/mol. The highest BCUT2D eigenvalue weighted by molar-refractivity contribution is 5.66. The summed E-state index contributed by atoms with van der Waals surface area (Å²) in [6, 6.07) is 19.1. The lowest BCUT2D eigenvalue weighted by atomic mass is 10.0. The largest absolute Gasteiger partial charge is 0.461 e. The molecule has 2 aromatic rings. The third-order valence-electron chi connectivity index (χ3n) is 4.90. The number of carbonyl (C=O) groups is 1.